The van der Waals surface area contributed by atoms with Crippen LogP contribution in [0.4, 0.5) is 16.2 Å². The summed E-state index contributed by atoms with van der Waals surface area (Å²) in [6.07, 6.45) is 0. The number of urea groups is 1. The smallest absolute Gasteiger partial charge is 0.338 e. The average Bonchev–Trinajstić information content (AvgIpc) is 2.85. The lowest BCUT2D eigenvalue weighted by Crippen LogP contribution is -2.51. The molecule has 1 saturated heterocycles. The van der Waals surface area contributed by atoms with E-state index in [0.29, 0.717) is 44.0 Å². The van der Waals surface area contributed by atoms with Crippen LogP contribution < -0.4 is 15.5 Å². The Morgan fingerprint density at radius 3 is 2.34 bits per heavy atom. The number of hydrogen-bond acceptors (Lipinski definition) is 7. The normalized spacial score (nSPS) is 18.6. The SMILES string of the molecule is CCOC(=O)C1=C(CN2CCN(c3ccc([N+](=O)[O-])cc3)CC2)NC(=O)N[C@H]1c1ccc(C)cc1. The van der Waals surface area contributed by atoms with Crippen molar-refractivity contribution in [3.05, 3.63) is 81.0 Å². The molecule has 2 amide bonds. The fraction of sp³-hybridized carbons (Fsp3) is 0.360. The van der Waals surface area contributed by atoms with Gasteiger partial charge >= 0.3 is 12.0 Å². The van der Waals surface area contributed by atoms with Gasteiger partial charge in [-0.3, -0.25) is 15.0 Å². The molecule has 1 atom stereocenters. The average molecular weight is 480 g/mol. The second kappa shape index (κ2) is 10.6. The summed E-state index contributed by atoms with van der Waals surface area (Å²) in [7, 11) is 0. The van der Waals surface area contributed by atoms with E-state index < -0.39 is 16.9 Å². The van der Waals surface area contributed by atoms with Crippen molar-refractivity contribution in [1.29, 1.82) is 0 Å². The monoisotopic (exact) mass is 479 g/mol. The standard InChI is InChI=1S/C25H29N5O5/c1-3-35-24(31)22-21(26-25(32)27-23(22)18-6-4-17(2)5-7-18)16-28-12-14-29(15-13-28)19-8-10-20(11-9-19)30(33)34/h4-11,23H,3,12-16H2,1-2H3,(H2,26,27,32)/t23-/m0/s1. The molecule has 0 aliphatic carbocycles. The first kappa shape index (κ1) is 24.2. The molecule has 0 radical (unpaired) electrons. The highest BCUT2D eigenvalue weighted by atomic mass is 16.6. The van der Waals surface area contributed by atoms with Crippen LogP contribution in [0.1, 0.15) is 24.1 Å². The summed E-state index contributed by atoms with van der Waals surface area (Å²) in [6.45, 7) is 7.21. The van der Waals surface area contributed by atoms with Crippen LogP contribution in [0.2, 0.25) is 0 Å². The first-order valence-corrected chi connectivity index (χ1v) is 11.6. The molecule has 2 heterocycles. The Balaban J connectivity index is 1.51. The molecule has 35 heavy (non-hydrogen) atoms. The van der Waals surface area contributed by atoms with Crippen LogP contribution in [-0.4, -0.2) is 61.2 Å². The third kappa shape index (κ3) is 5.60. The van der Waals surface area contributed by atoms with Crippen LogP contribution in [-0.2, 0) is 9.53 Å². The number of non-ortho nitro benzene ring substituents is 1. The van der Waals surface area contributed by atoms with E-state index in [0.717, 1.165) is 16.8 Å². The van der Waals surface area contributed by atoms with Gasteiger partial charge in [0.05, 0.1) is 23.1 Å². The van der Waals surface area contributed by atoms with Crippen molar-refractivity contribution >= 4 is 23.4 Å². The van der Waals surface area contributed by atoms with Crippen LogP contribution >= 0.6 is 0 Å². The number of nitro groups is 1. The molecule has 0 aromatic heterocycles. The molecular formula is C25H29N5O5. The van der Waals surface area contributed by atoms with Crippen LogP contribution in [0, 0.1) is 17.0 Å². The van der Waals surface area contributed by atoms with Crippen molar-refractivity contribution < 1.29 is 19.2 Å². The zero-order valence-corrected chi connectivity index (χ0v) is 19.8. The largest absolute Gasteiger partial charge is 0.463 e. The van der Waals surface area contributed by atoms with Gasteiger partial charge in [0.2, 0.25) is 0 Å². The summed E-state index contributed by atoms with van der Waals surface area (Å²) < 4.78 is 5.35. The van der Waals surface area contributed by atoms with Crippen LogP contribution in [0.3, 0.4) is 0 Å². The molecule has 0 saturated carbocycles. The van der Waals surface area contributed by atoms with E-state index in [1.807, 2.05) is 31.2 Å². The number of piperazine rings is 1. The highest BCUT2D eigenvalue weighted by molar-refractivity contribution is 5.95. The molecule has 2 aliphatic rings. The minimum atomic E-state index is -0.597. The van der Waals surface area contributed by atoms with Crippen LogP contribution in [0.15, 0.2) is 59.8 Å². The number of esters is 1. The summed E-state index contributed by atoms with van der Waals surface area (Å²) >= 11 is 0. The molecule has 10 heteroatoms. The van der Waals surface area contributed by atoms with Crippen molar-refractivity contribution in [3.8, 4) is 0 Å². The summed E-state index contributed by atoms with van der Waals surface area (Å²) in [4.78, 5) is 40.3. The number of nitrogens with zero attached hydrogens (tertiary/aromatic N) is 3. The minimum absolute atomic E-state index is 0.0654. The summed E-state index contributed by atoms with van der Waals surface area (Å²) in [5.74, 6) is -0.454. The second-order valence-corrected chi connectivity index (χ2v) is 8.59. The molecule has 2 aromatic rings. The van der Waals surface area contributed by atoms with Crippen molar-refractivity contribution in [1.82, 2.24) is 15.5 Å². The fourth-order valence-corrected chi connectivity index (χ4v) is 4.37. The predicted molar refractivity (Wildman–Crippen MR) is 131 cm³/mol. The first-order chi connectivity index (χ1) is 16.9. The fourth-order valence-electron chi connectivity index (χ4n) is 4.37. The summed E-state index contributed by atoms with van der Waals surface area (Å²) in [6, 6.07) is 13.3. The van der Waals surface area contributed by atoms with E-state index in [2.05, 4.69) is 20.4 Å². The Morgan fingerprint density at radius 1 is 1.09 bits per heavy atom. The van der Waals surface area contributed by atoms with Gasteiger partial charge in [0.25, 0.3) is 5.69 Å². The topological polar surface area (TPSA) is 117 Å². The number of nitro benzene ring substituents is 1. The van der Waals surface area contributed by atoms with E-state index >= 15 is 0 Å². The molecule has 10 nitrogen and oxygen atoms in total. The van der Waals surface area contributed by atoms with E-state index in [4.69, 9.17) is 4.74 Å². The first-order valence-electron chi connectivity index (χ1n) is 11.6. The van der Waals surface area contributed by atoms with Gasteiger partial charge in [0.15, 0.2) is 0 Å². The second-order valence-electron chi connectivity index (χ2n) is 8.59. The molecular weight excluding hydrogens is 450 g/mol. The Bertz CT molecular complexity index is 1120. The van der Waals surface area contributed by atoms with Gasteiger partial charge in [-0.15, -0.1) is 0 Å². The van der Waals surface area contributed by atoms with Gasteiger partial charge < -0.3 is 20.3 Å². The third-order valence-corrected chi connectivity index (χ3v) is 6.24. The molecule has 4 rings (SSSR count). The van der Waals surface area contributed by atoms with Gasteiger partial charge in [0.1, 0.15) is 0 Å². The molecule has 0 spiro atoms. The lowest BCUT2D eigenvalue weighted by atomic mass is 9.94. The Kier molecular flexibility index (Phi) is 7.31. The van der Waals surface area contributed by atoms with E-state index in [1.165, 1.54) is 12.1 Å². The number of nitrogens with one attached hydrogen (secondary N) is 2. The van der Waals surface area contributed by atoms with E-state index in [9.17, 15) is 19.7 Å². The molecule has 0 unspecified atom stereocenters. The van der Waals surface area contributed by atoms with Crippen molar-refractivity contribution in [2.24, 2.45) is 0 Å². The molecule has 2 aliphatic heterocycles. The zero-order chi connectivity index (χ0) is 24.9. The quantitative estimate of drug-likeness (QED) is 0.356. The highest BCUT2D eigenvalue weighted by Gasteiger charge is 2.34. The van der Waals surface area contributed by atoms with Gasteiger partial charge in [0, 0.05) is 56.2 Å². The number of amides is 2. The maximum Gasteiger partial charge on any atom is 0.338 e. The number of ether oxygens (including phenoxy) is 1. The van der Waals surface area contributed by atoms with Crippen molar-refractivity contribution in [3.63, 3.8) is 0 Å². The van der Waals surface area contributed by atoms with Gasteiger partial charge in [-0.05, 0) is 31.5 Å². The van der Waals surface area contributed by atoms with Crippen molar-refractivity contribution in [2.75, 3.05) is 44.2 Å². The van der Waals surface area contributed by atoms with Gasteiger partial charge in [-0.1, -0.05) is 29.8 Å². The zero-order valence-electron chi connectivity index (χ0n) is 19.8. The lowest BCUT2D eigenvalue weighted by molar-refractivity contribution is -0.384. The number of rotatable bonds is 7. The predicted octanol–water partition coefficient (Wildman–Crippen LogP) is 2.90. The van der Waals surface area contributed by atoms with E-state index in [-0.39, 0.29) is 18.3 Å². The van der Waals surface area contributed by atoms with Gasteiger partial charge in [-0.25, -0.2) is 9.59 Å². The van der Waals surface area contributed by atoms with Crippen LogP contribution in [0.25, 0.3) is 0 Å². The van der Waals surface area contributed by atoms with E-state index in [1.54, 1.807) is 19.1 Å². The molecule has 1 fully saturated rings. The highest BCUT2D eigenvalue weighted by Crippen LogP contribution is 2.29. The maximum absolute atomic E-state index is 13.0. The Labute approximate surface area is 203 Å². The Hall–Kier alpha value is -3.92. The molecule has 2 N–H and O–H groups in total. The van der Waals surface area contributed by atoms with Crippen molar-refractivity contribution in [2.45, 2.75) is 19.9 Å². The minimum Gasteiger partial charge on any atom is -0.463 e. The van der Waals surface area contributed by atoms with Gasteiger partial charge in [-0.2, -0.15) is 0 Å². The molecule has 184 valence electrons. The molecule has 2 aromatic carbocycles. The number of benzene rings is 2. The maximum atomic E-state index is 13.0. The Morgan fingerprint density at radius 2 is 1.74 bits per heavy atom. The number of anilines is 1. The lowest BCUT2D eigenvalue weighted by Gasteiger charge is -2.38. The third-order valence-electron chi connectivity index (χ3n) is 6.24. The number of carbonyl (C=O) groups excluding carboxylic acids is 2. The number of carbonyl (C=O) groups is 2. The molecule has 0 bridgehead atoms. The van der Waals surface area contributed by atoms with Crippen LogP contribution in [0.5, 0.6) is 0 Å². The number of aryl methyl sites for hydroxylation is 1. The number of hydrogen-bond donors (Lipinski definition) is 2. The summed E-state index contributed by atoms with van der Waals surface area (Å²) in [5, 5.41) is 16.6. The summed E-state index contributed by atoms with van der Waals surface area (Å²) in [5.41, 5.74) is 3.84.